The summed E-state index contributed by atoms with van der Waals surface area (Å²) in [4.78, 5) is 33.8. The molecule has 7 rings (SSSR count). The second kappa shape index (κ2) is 24.1. The molecule has 67 heavy (non-hydrogen) atoms. The standard InChI is InChI=1S/C53H63N3O11/c1-3-26-55(52(59)63-31-30-62-36-38-16-7-5-8-17-38)49-35-47(54-65-37-39-18-9-6-10-19-39)45-32-40(20-11-13-27-57)44(23-12-14-28-58)50-46-34-43(66-42-22-15-21-41(33-42)56(60)61)24-25-48(46)67-53(49,51(45)50)64-29-4-2/h4-10,15-19,21-22,24-25,32-34,40,44,49-51,57-58H,2-3,11-14,20,23,26-31,35-37H2,1H3/t40-,44+,49-,50+,51+,53+/m0/s1. The van der Waals surface area contributed by atoms with Gasteiger partial charge in [-0.15, -0.1) is 6.58 Å². The Balaban J connectivity index is 1.35. The van der Waals surface area contributed by atoms with Gasteiger partial charge in [0.05, 0.1) is 42.4 Å². The number of hydrogen-bond donors (Lipinski definition) is 2. The summed E-state index contributed by atoms with van der Waals surface area (Å²) in [5, 5.41) is 36.6. The predicted octanol–water partition coefficient (Wildman–Crippen LogP) is 10.3. The number of nitro groups is 1. The van der Waals surface area contributed by atoms with Gasteiger partial charge in [-0.2, -0.15) is 0 Å². The van der Waals surface area contributed by atoms with Gasteiger partial charge in [0, 0.05) is 43.7 Å². The zero-order valence-electron chi connectivity index (χ0n) is 38.3. The molecule has 0 spiro atoms. The summed E-state index contributed by atoms with van der Waals surface area (Å²) in [6, 6.07) is 30.5. The van der Waals surface area contributed by atoms with E-state index >= 15 is 0 Å². The number of nitrogens with zero attached hydrogens (tertiary/aromatic N) is 3. The van der Waals surface area contributed by atoms with Crippen molar-refractivity contribution in [2.75, 3.05) is 39.6 Å². The number of allylic oxidation sites excluding steroid dienone is 1. The third-order valence-electron chi connectivity index (χ3n) is 12.8. The summed E-state index contributed by atoms with van der Waals surface area (Å²) in [6.07, 6.45) is 8.53. The van der Waals surface area contributed by atoms with Crippen molar-refractivity contribution < 1.29 is 48.5 Å². The maximum Gasteiger partial charge on any atom is 0.410 e. The number of rotatable bonds is 25. The van der Waals surface area contributed by atoms with E-state index in [2.05, 4.69) is 12.7 Å². The quantitative estimate of drug-likeness (QED) is 0.0281. The lowest BCUT2D eigenvalue weighted by Crippen LogP contribution is -2.70. The Morgan fingerprint density at radius 1 is 0.910 bits per heavy atom. The van der Waals surface area contributed by atoms with Crippen LogP contribution in [-0.2, 0) is 32.3 Å². The van der Waals surface area contributed by atoms with Crippen LogP contribution < -0.4 is 9.47 Å². The number of unbranched alkanes of at least 4 members (excludes halogenated alkanes) is 2. The summed E-state index contributed by atoms with van der Waals surface area (Å²) in [7, 11) is 0. The molecule has 0 radical (unpaired) electrons. The Bertz CT molecular complexity index is 2310. The Morgan fingerprint density at radius 3 is 2.33 bits per heavy atom. The van der Waals surface area contributed by atoms with Crippen LogP contribution in [0.2, 0.25) is 0 Å². The number of amides is 1. The predicted molar refractivity (Wildman–Crippen MR) is 254 cm³/mol. The summed E-state index contributed by atoms with van der Waals surface area (Å²) in [5.41, 5.74) is 4.26. The molecule has 1 saturated carbocycles. The van der Waals surface area contributed by atoms with Crippen molar-refractivity contribution in [3.63, 3.8) is 0 Å². The van der Waals surface area contributed by atoms with Crippen molar-refractivity contribution in [2.24, 2.45) is 22.9 Å². The van der Waals surface area contributed by atoms with E-state index in [1.54, 1.807) is 29.2 Å². The third kappa shape index (κ3) is 11.9. The summed E-state index contributed by atoms with van der Waals surface area (Å²) in [5.74, 6) is -1.06. The van der Waals surface area contributed by atoms with Crippen molar-refractivity contribution in [3.05, 3.63) is 154 Å². The van der Waals surface area contributed by atoms with Gasteiger partial charge in [0.25, 0.3) is 5.69 Å². The van der Waals surface area contributed by atoms with Gasteiger partial charge in [0.1, 0.15) is 36.5 Å². The molecule has 14 nitrogen and oxygen atoms in total. The highest BCUT2D eigenvalue weighted by Crippen LogP contribution is 2.62. The normalized spacial score (nSPS) is 22.1. The van der Waals surface area contributed by atoms with Crippen molar-refractivity contribution in [1.29, 1.82) is 0 Å². The second-order valence-corrected chi connectivity index (χ2v) is 17.2. The average Bonchev–Trinajstić information content (AvgIpc) is 3.34. The van der Waals surface area contributed by atoms with E-state index in [9.17, 15) is 25.1 Å². The van der Waals surface area contributed by atoms with Gasteiger partial charge in [0.2, 0.25) is 5.79 Å². The van der Waals surface area contributed by atoms with E-state index in [4.69, 9.17) is 33.7 Å². The van der Waals surface area contributed by atoms with Crippen LogP contribution in [0.1, 0.15) is 80.9 Å². The molecule has 356 valence electrons. The van der Waals surface area contributed by atoms with Gasteiger partial charge in [0.15, 0.2) is 0 Å². The number of carbonyl (C=O) groups is 1. The van der Waals surface area contributed by atoms with E-state index < -0.39 is 28.8 Å². The zero-order chi connectivity index (χ0) is 47.0. The first-order valence-electron chi connectivity index (χ1n) is 23.5. The van der Waals surface area contributed by atoms with Crippen LogP contribution in [0.4, 0.5) is 10.5 Å². The van der Waals surface area contributed by atoms with Gasteiger partial charge in [-0.1, -0.05) is 104 Å². The van der Waals surface area contributed by atoms with Crippen LogP contribution in [0.3, 0.4) is 0 Å². The highest BCUT2D eigenvalue weighted by molar-refractivity contribution is 6.03. The fourth-order valence-corrected chi connectivity index (χ4v) is 9.92. The topological polar surface area (TPSA) is 172 Å². The molecule has 1 fully saturated rings. The van der Waals surface area contributed by atoms with E-state index in [0.717, 1.165) is 47.9 Å². The minimum Gasteiger partial charge on any atom is -0.459 e. The van der Waals surface area contributed by atoms with Crippen LogP contribution in [0, 0.1) is 27.9 Å². The SMILES string of the molecule is C=CCO[C@@]12Oc3ccc(Oc4cccc([N+](=O)[O-])c4)cc3[C@H]3[C@H](CCCCO)[C@@H](CCCCO)C=C(C(=NOCc4ccccc4)C[C@@H]1N(CCC)C(=O)OCCOCc1ccccc1)[C@H]32. The number of carbonyl (C=O) groups excluding carboxylic acids is 1. The molecule has 3 aliphatic rings. The van der Waals surface area contributed by atoms with E-state index in [-0.39, 0.29) is 69.5 Å². The minimum atomic E-state index is -1.48. The average molecular weight is 918 g/mol. The van der Waals surface area contributed by atoms with Gasteiger partial charge < -0.3 is 38.7 Å². The van der Waals surface area contributed by atoms with Crippen LogP contribution in [0.25, 0.3) is 0 Å². The fraction of sp³-hybridized carbons (Fsp3) is 0.434. The number of nitro benzene ring substituents is 1. The van der Waals surface area contributed by atoms with Crippen LogP contribution in [-0.4, -0.2) is 83.2 Å². The van der Waals surface area contributed by atoms with E-state index in [1.807, 2.05) is 79.7 Å². The fourth-order valence-electron chi connectivity index (χ4n) is 9.92. The lowest BCUT2D eigenvalue weighted by Gasteiger charge is -2.59. The molecule has 0 unspecified atom stereocenters. The Hall–Kier alpha value is -6.06. The maximum absolute atomic E-state index is 14.6. The number of hydrogen-bond acceptors (Lipinski definition) is 12. The van der Waals surface area contributed by atoms with Crippen molar-refractivity contribution in [3.8, 4) is 17.2 Å². The highest BCUT2D eigenvalue weighted by Gasteiger charge is 2.65. The number of aliphatic hydroxyl groups is 2. The second-order valence-electron chi connectivity index (χ2n) is 17.2. The largest absolute Gasteiger partial charge is 0.459 e. The monoisotopic (exact) mass is 917 g/mol. The van der Waals surface area contributed by atoms with Crippen molar-refractivity contribution in [1.82, 2.24) is 4.90 Å². The number of ether oxygens (including phenoxy) is 5. The van der Waals surface area contributed by atoms with Crippen LogP contribution >= 0.6 is 0 Å². The van der Waals surface area contributed by atoms with Crippen LogP contribution in [0.5, 0.6) is 17.2 Å². The molecule has 2 N–H and O–H groups in total. The van der Waals surface area contributed by atoms with Crippen molar-refractivity contribution in [2.45, 2.75) is 89.3 Å². The Kier molecular flexibility index (Phi) is 17.6. The number of oxime groups is 1. The Labute approximate surface area is 392 Å². The molecule has 1 amide bonds. The molecule has 1 aliphatic heterocycles. The number of benzene rings is 4. The molecule has 0 bridgehead atoms. The smallest absolute Gasteiger partial charge is 0.410 e. The zero-order valence-corrected chi connectivity index (χ0v) is 38.3. The minimum absolute atomic E-state index is 0.00867. The molecule has 4 aromatic carbocycles. The van der Waals surface area contributed by atoms with Crippen molar-refractivity contribution >= 4 is 17.5 Å². The molecular weight excluding hydrogens is 855 g/mol. The summed E-state index contributed by atoms with van der Waals surface area (Å²) in [6.45, 7) is 7.39. The summed E-state index contributed by atoms with van der Waals surface area (Å²) >= 11 is 0. The molecule has 0 saturated heterocycles. The maximum atomic E-state index is 14.6. The molecular formula is C53H63N3O11. The molecule has 4 aromatic rings. The lowest BCUT2D eigenvalue weighted by molar-refractivity contribution is -0.384. The highest BCUT2D eigenvalue weighted by atomic mass is 16.7. The molecule has 0 aromatic heterocycles. The van der Waals surface area contributed by atoms with Gasteiger partial charge in [-0.05, 0) is 84.9 Å². The lowest BCUT2D eigenvalue weighted by atomic mass is 9.55. The van der Waals surface area contributed by atoms with Gasteiger partial charge in [-0.3, -0.25) is 15.0 Å². The first-order valence-corrected chi connectivity index (χ1v) is 23.5. The van der Waals surface area contributed by atoms with E-state index in [1.165, 1.54) is 12.1 Å². The first kappa shape index (κ1) is 48.9. The summed E-state index contributed by atoms with van der Waals surface area (Å²) < 4.78 is 32.7. The number of fused-ring (bicyclic) bond motifs is 2. The van der Waals surface area contributed by atoms with Gasteiger partial charge in [-0.25, -0.2) is 4.79 Å². The molecule has 14 heteroatoms. The van der Waals surface area contributed by atoms with Gasteiger partial charge >= 0.3 is 6.09 Å². The van der Waals surface area contributed by atoms with Crippen LogP contribution in [0.15, 0.2) is 133 Å². The number of aliphatic hydroxyl groups excluding tert-OH is 2. The Morgan fingerprint density at radius 2 is 1.63 bits per heavy atom. The van der Waals surface area contributed by atoms with E-state index in [0.29, 0.717) is 55.4 Å². The molecule has 1 heterocycles. The molecule has 2 aliphatic carbocycles. The third-order valence-corrected chi connectivity index (χ3v) is 12.8. The first-order chi connectivity index (χ1) is 32.8. The molecule has 6 atom stereocenters. The number of non-ortho nitro benzene ring substituents is 1.